The second-order valence-electron chi connectivity index (χ2n) is 4.50. The van der Waals surface area contributed by atoms with Crippen molar-refractivity contribution in [3.8, 4) is 11.5 Å². The van der Waals surface area contributed by atoms with Gasteiger partial charge in [0, 0.05) is 24.3 Å². The molecule has 0 amide bonds. The largest absolute Gasteiger partial charge is 0.507 e. The highest BCUT2D eigenvalue weighted by Gasteiger charge is 2.42. The average molecular weight is 276 g/mol. The van der Waals surface area contributed by atoms with Crippen molar-refractivity contribution in [2.45, 2.75) is 6.29 Å². The highest BCUT2D eigenvalue weighted by molar-refractivity contribution is 6.28. The second kappa shape index (κ2) is 4.43. The molecule has 1 aliphatic carbocycles. The SMILES string of the molecule is COc1cc(O)c2c(c1)C(=O)C1=C(CO[C@H]1OC)C2=O. The molecule has 2 aliphatic rings. The van der Waals surface area contributed by atoms with Gasteiger partial charge in [-0.25, -0.2) is 0 Å². The first-order valence-electron chi connectivity index (χ1n) is 5.96. The van der Waals surface area contributed by atoms with Crippen molar-refractivity contribution in [1.82, 2.24) is 0 Å². The Kier molecular flexibility index (Phi) is 2.84. The van der Waals surface area contributed by atoms with Crippen LogP contribution in [0, 0.1) is 0 Å². The van der Waals surface area contributed by atoms with E-state index in [2.05, 4.69) is 0 Å². The third kappa shape index (κ3) is 1.59. The lowest BCUT2D eigenvalue weighted by Gasteiger charge is -2.19. The fourth-order valence-corrected chi connectivity index (χ4v) is 2.51. The number of phenolic OH excluding ortho intramolecular Hbond substituents is 1. The van der Waals surface area contributed by atoms with Gasteiger partial charge >= 0.3 is 0 Å². The van der Waals surface area contributed by atoms with E-state index >= 15 is 0 Å². The van der Waals surface area contributed by atoms with E-state index in [0.717, 1.165) is 0 Å². The maximum absolute atomic E-state index is 12.5. The number of hydrogen-bond acceptors (Lipinski definition) is 6. The number of methoxy groups -OCH3 is 2. The van der Waals surface area contributed by atoms with Crippen molar-refractivity contribution in [2.24, 2.45) is 0 Å². The lowest BCUT2D eigenvalue weighted by atomic mass is 9.84. The van der Waals surface area contributed by atoms with Crippen LogP contribution in [0.25, 0.3) is 0 Å². The van der Waals surface area contributed by atoms with Gasteiger partial charge in [0.2, 0.25) is 0 Å². The van der Waals surface area contributed by atoms with Crippen LogP contribution in [0.15, 0.2) is 23.3 Å². The lowest BCUT2D eigenvalue weighted by Crippen LogP contribution is -2.25. The molecule has 0 spiro atoms. The van der Waals surface area contributed by atoms with E-state index in [1.54, 1.807) is 0 Å². The number of ether oxygens (including phenoxy) is 3. The summed E-state index contributed by atoms with van der Waals surface area (Å²) in [5.74, 6) is -0.757. The Hall–Kier alpha value is -2.18. The van der Waals surface area contributed by atoms with Crippen LogP contribution in [0.1, 0.15) is 20.7 Å². The Morgan fingerprint density at radius 2 is 2.00 bits per heavy atom. The summed E-state index contributed by atoms with van der Waals surface area (Å²) in [7, 11) is 2.81. The molecule has 1 aromatic carbocycles. The van der Waals surface area contributed by atoms with Crippen LogP contribution >= 0.6 is 0 Å². The first kappa shape index (κ1) is 12.8. The molecule has 20 heavy (non-hydrogen) atoms. The maximum atomic E-state index is 12.5. The molecule has 0 fully saturated rings. The minimum Gasteiger partial charge on any atom is -0.507 e. The van der Waals surface area contributed by atoms with Crippen LogP contribution in [-0.4, -0.2) is 43.8 Å². The van der Waals surface area contributed by atoms with Gasteiger partial charge in [-0.2, -0.15) is 0 Å². The van der Waals surface area contributed by atoms with Crippen molar-refractivity contribution in [3.63, 3.8) is 0 Å². The summed E-state index contributed by atoms with van der Waals surface area (Å²) in [4.78, 5) is 24.9. The minimum atomic E-state index is -0.844. The van der Waals surface area contributed by atoms with Gasteiger partial charge < -0.3 is 19.3 Å². The first-order valence-corrected chi connectivity index (χ1v) is 5.96. The van der Waals surface area contributed by atoms with Crippen LogP contribution in [0.2, 0.25) is 0 Å². The summed E-state index contributed by atoms with van der Waals surface area (Å²) in [5.41, 5.74) is 0.556. The van der Waals surface area contributed by atoms with E-state index in [0.29, 0.717) is 5.75 Å². The van der Waals surface area contributed by atoms with E-state index in [1.165, 1.54) is 26.4 Å². The van der Waals surface area contributed by atoms with Crippen LogP contribution in [0.3, 0.4) is 0 Å². The molecule has 6 heteroatoms. The molecule has 1 N–H and O–H groups in total. The molecule has 104 valence electrons. The topological polar surface area (TPSA) is 82.1 Å². The van der Waals surface area contributed by atoms with Gasteiger partial charge in [0.25, 0.3) is 0 Å². The predicted molar refractivity (Wildman–Crippen MR) is 67.1 cm³/mol. The Morgan fingerprint density at radius 3 is 2.65 bits per heavy atom. The third-order valence-electron chi connectivity index (χ3n) is 3.47. The number of hydrogen-bond donors (Lipinski definition) is 1. The van der Waals surface area contributed by atoms with Gasteiger partial charge in [-0.05, 0) is 6.07 Å². The second-order valence-corrected chi connectivity index (χ2v) is 4.50. The minimum absolute atomic E-state index is 0.00330. The summed E-state index contributed by atoms with van der Waals surface area (Å²) >= 11 is 0. The molecule has 1 heterocycles. The Balaban J connectivity index is 2.22. The monoisotopic (exact) mass is 276 g/mol. The number of fused-ring (bicyclic) bond motifs is 1. The van der Waals surface area contributed by atoms with Crippen molar-refractivity contribution in [1.29, 1.82) is 0 Å². The molecule has 0 aromatic heterocycles. The number of benzene rings is 1. The number of carbonyl (C=O) groups is 2. The number of carbonyl (C=O) groups excluding carboxylic acids is 2. The van der Waals surface area contributed by atoms with Crippen LogP contribution in [0.5, 0.6) is 11.5 Å². The maximum Gasteiger partial charge on any atom is 0.196 e. The Bertz CT molecular complexity index is 658. The molecule has 0 bridgehead atoms. The molecule has 1 atom stereocenters. The zero-order valence-corrected chi connectivity index (χ0v) is 10.9. The van der Waals surface area contributed by atoms with E-state index in [9.17, 15) is 14.7 Å². The zero-order valence-electron chi connectivity index (χ0n) is 10.9. The Morgan fingerprint density at radius 1 is 1.25 bits per heavy atom. The van der Waals surface area contributed by atoms with E-state index < -0.39 is 12.1 Å². The van der Waals surface area contributed by atoms with E-state index in [4.69, 9.17) is 14.2 Å². The molecule has 0 saturated carbocycles. The van der Waals surface area contributed by atoms with Gasteiger partial charge in [-0.15, -0.1) is 0 Å². The van der Waals surface area contributed by atoms with Crippen LogP contribution in [-0.2, 0) is 9.47 Å². The first-order chi connectivity index (χ1) is 9.58. The molecule has 6 nitrogen and oxygen atoms in total. The van der Waals surface area contributed by atoms with Crippen LogP contribution in [0.4, 0.5) is 0 Å². The van der Waals surface area contributed by atoms with Crippen molar-refractivity contribution >= 4 is 11.6 Å². The van der Waals surface area contributed by atoms with Gasteiger partial charge in [-0.1, -0.05) is 0 Å². The average Bonchev–Trinajstić information content (AvgIpc) is 2.88. The Labute approximate surface area is 114 Å². The number of rotatable bonds is 2. The van der Waals surface area contributed by atoms with Gasteiger partial charge in [0.15, 0.2) is 17.9 Å². The van der Waals surface area contributed by atoms with E-state index in [-0.39, 0.29) is 40.4 Å². The summed E-state index contributed by atoms with van der Waals surface area (Å²) in [6.45, 7) is 0.00330. The molecule has 0 radical (unpaired) electrons. The number of aromatic hydroxyl groups is 1. The zero-order chi connectivity index (χ0) is 14.4. The fourth-order valence-electron chi connectivity index (χ4n) is 2.51. The predicted octanol–water partition coefficient (Wildman–Crippen LogP) is 1.08. The van der Waals surface area contributed by atoms with Gasteiger partial charge in [-0.3, -0.25) is 9.59 Å². The summed E-state index contributed by atoms with van der Waals surface area (Å²) in [6, 6.07) is 2.74. The van der Waals surface area contributed by atoms with Crippen molar-refractivity contribution in [3.05, 3.63) is 34.4 Å². The normalized spacial score (nSPS) is 21.0. The standard InChI is InChI=1S/C14H12O6/c1-18-6-3-7-10(9(15)4-6)13(17)8-5-20-14(19-2)11(8)12(7)16/h3-4,14-15H,5H2,1-2H3/t14-/m1/s1. The quantitative estimate of drug-likeness (QED) is 0.870. The highest BCUT2D eigenvalue weighted by Crippen LogP contribution is 2.39. The van der Waals surface area contributed by atoms with Crippen LogP contribution < -0.4 is 4.74 Å². The lowest BCUT2D eigenvalue weighted by molar-refractivity contribution is -0.0738. The van der Waals surface area contributed by atoms with E-state index in [1.807, 2.05) is 0 Å². The summed E-state index contributed by atoms with van der Waals surface area (Å²) < 4.78 is 15.3. The highest BCUT2D eigenvalue weighted by atomic mass is 16.7. The third-order valence-corrected chi connectivity index (χ3v) is 3.47. The molecule has 1 aromatic rings. The molecular formula is C14H12O6. The fraction of sp³-hybridized carbons (Fsp3) is 0.286. The molecule has 3 rings (SSSR count). The van der Waals surface area contributed by atoms with Gasteiger partial charge in [0.05, 0.1) is 24.9 Å². The number of Topliss-reactive ketones (excluding diaryl/α,β-unsaturated/α-hetero) is 2. The smallest absolute Gasteiger partial charge is 0.196 e. The summed E-state index contributed by atoms with van der Waals surface area (Å²) in [5, 5.41) is 9.95. The molecule has 0 unspecified atom stereocenters. The number of phenols is 1. The molecule has 0 saturated heterocycles. The van der Waals surface area contributed by atoms with Crippen molar-refractivity contribution < 1.29 is 28.9 Å². The number of ketones is 2. The molecule has 1 aliphatic heterocycles. The molecular weight excluding hydrogens is 264 g/mol. The van der Waals surface area contributed by atoms with Gasteiger partial charge in [0.1, 0.15) is 11.5 Å². The van der Waals surface area contributed by atoms with Crippen molar-refractivity contribution in [2.75, 3.05) is 20.8 Å². The summed E-state index contributed by atoms with van der Waals surface area (Å²) in [6.07, 6.45) is -0.844.